The Balaban J connectivity index is 2.28. The van der Waals surface area contributed by atoms with Crippen molar-refractivity contribution in [1.29, 1.82) is 0 Å². The average Bonchev–Trinajstić information content (AvgIpc) is 2.17. The Morgan fingerprint density at radius 3 is 3.08 bits per heavy atom. The summed E-state index contributed by atoms with van der Waals surface area (Å²) in [4.78, 5) is 0. The van der Waals surface area contributed by atoms with Gasteiger partial charge in [-0.05, 0) is 18.1 Å². The standard InChI is InChI=1S/C11H12O/c1-2-9-7-10-5-3-4-6-11(10)12-8-9/h2-6,9H,1,7-8H2. The molecule has 1 aliphatic heterocycles. The lowest BCUT2D eigenvalue weighted by Crippen LogP contribution is -2.18. The summed E-state index contributed by atoms with van der Waals surface area (Å²) in [6.45, 7) is 4.56. The quantitative estimate of drug-likeness (QED) is 0.573. The van der Waals surface area contributed by atoms with Gasteiger partial charge in [-0.1, -0.05) is 24.3 Å². The lowest BCUT2D eigenvalue weighted by atomic mass is 9.97. The van der Waals surface area contributed by atoms with Gasteiger partial charge in [0.05, 0.1) is 6.61 Å². The van der Waals surface area contributed by atoms with Crippen molar-refractivity contribution in [2.24, 2.45) is 5.92 Å². The van der Waals surface area contributed by atoms with Crippen molar-refractivity contribution in [3.05, 3.63) is 42.5 Å². The highest BCUT2D eigenvalue weighted by Gasteiger charge is 2.15. The highest BCUT2D eigenvalue weighted by molar-refractivity contribution is 5.35. The molecule has 1 heteroatoms. The smallest absolute Gasteiger partial charge is 0.122 e. The minimum Gasteiger partial charge on any atom is -0.493 e. The second-order valence-electron chi connectivity index (χ2n) is 3.12. The molecule has 1 unspecified atom stereocenters. The van der Waals surface area contributed by atoms with E-state index in [9.17, 15) is 0 Å². The molecule has 0 saturated carbocycles. The van der Waals surface area contributed by atoms with Gasteiger partial charge in [-0.2, -0.15) is 0 Å². The molecule has 0 aliphatic carbocycles. The van der Waals surface area contributed by atoms with Crippen LogP contribution in [0.2, 0.25) is 0 Å². The van der Waals surface area contributed by atoms with Gasteiger partial charge in [-0.3, -0.25) is 0 Å². The van der Waals surface area contributed by atoms with Crippen LogP contribution in [-0.2, 0) is 6.42 Å². The number of rotatable bonds is 1. The molecule has 1 aromatic carbocycles. The maximum Gasteiger partial charge on any atom is 0.122 e. The van der Waals surface area contributed by atoms with Crippen LogP contribution in [0.1, 0.15) is 5.56 Å². The van der Waals surface area contributed by atoms with Crippen LogP contribution in [-0.4, -0.2) is 6.61 Å². The van der Waals surface area contributed by atoms with Crippen LogP contribution in [0.5, 0.6) is 5.75 Å². The average molecular weight is 160 g/mol. The molecule has 2 rings (SSSR count). The van der Waals surface area contributed by atoms with Crippen LogP contribution in [0, 0.1) is 5.92 Å². The minimum absolute atomic E-state index is 0.486. The Labute approximate surface area is 72.7 Å². The Hall–Kier alpha value is -1.24. The zero-order chi connectivity index (χ0) is 8.39. The normalized spacial score (nSPS) is 20.8. The zero-order valence-electron chi connectivity index (χ0n) is 6.99. The number of hydrogen-bond donors (Lipinski definition) is 0. The van der Waals surface area contributed by atoms with Gasteiger partial charge >= 0.3 is 0 Å². The van der Waals surface area contributed by atoms with E-state index in [1.807, 2.05) is 24.3 Å². The molecule has 1 nitrogen and oxygen atoms in total. The molecule has 0 amide bonds. The summed E-state index contributed by atoms with van der Waals surface area (Å²) in [6, 6.07) is 8.19. The number of benzene rings is 1. The summed E-state index contributed by atoms with van der Waals surface area (Å²) in [5.41, 5.74) is 1.30. The van der Waals surface area contributed by atoms with Gasteiger partial charge in [-0.25, -0.2) is 0 Å². The van der Waals surface area contributed by atoms with E-state index >= 15 is 0 Å². The Morgan fingerprint density at radius 1 is 1.42 bits per heavy atom. The summed E-state index contributed by atoms with van der Waals surface area (Å²) in [5.74, 6) is 1.52. The first kappa shape index (κ1) is 7.41. The fraction of sp³-hybridized carbons (Fsp3) is 0.273. The minimum atomic E-state index is 0.486. The molecule has 0 fully saturated rings. The lowest BCUT2D eigenvalue weighted by molar-refractivity contribution is 0.250. The molecule has 0 N–H and O–H groups in total. The third kappa shape index (κ3) is 1.22. The second kappa shape index (κ2) is 3.02. The van der Waals surface area contributed by atoms with E-state index in [1.165, 1.54) is 5.56 Å². The summed E-state index contributed by atoms with van der Waals surface area (Å²) in [6.07, 6.45) is 3.04. The summed E-state index contributed by atoms with van der Waals surface area (Å²) in [7, 11) is 0. The molecule has 0 radical (unpaired) electrons. The third-order valence-corrected chi connectivity index (χ3v) is 2.24. The number of fused-ring (bicyclic) bond motifs is 1. The molecular weight excluding hydrogens is 148 g/mol. The lowest BCUT2D eigenvalue weighted by Gasteiger charge is -2.22. The predicted octanol–water partition coefficient (Wildman–Crippen LogP) is 2.42. The molecule has 0 spiro atoms. The van der Waals surface area contributed by atoms with Crippen LogP contribution in [0.25, 0.3) is 0 Å². The van der Waals surface area contributed by atoms with Gasteiger partial charge in [-0.15, -0.1) is 6.58 Å². The van der Waals surface area contributed by atoms with Crippen LogP contribution < -0.4 is 4.74 Å². The number of hydrogen-bond acceptors (Lipinski definition) is 1. The van der Waals surface area contributed by atoms with Crippen molar-refractivity contribution in [2.75, 3.05) is 6.61 Å². The van der Waals surface area contributed by atoms with Gasteiger partial charge in [0.2, 0.25) is 0 Å². The zero-order valence-corrected chi connectivity index (χ0v) is 6.99. The predicted molar refractivity (Wildman–Crippen MR) is 49.3 cm³/mol. The highest BCUT2D eigenvalue weighted by Crippen LogP contribution is 2.26. The highest BCUT2D eigenvalue weighted by atomic mass is 16.5. The van der Waals surface area contributed by atoms with E-state index in [0.717, 1.165) is 18.8 Å². The monoisotopic (exact) mass is 160 g/mol. The molecule has 1 atom stereocenters. The third-order valence-electron chi connectivity index (χ3n) is 2.24. The van der Waals surface area contributed by atoms with E-state index in [1.54, 1.807) is 0 Å². The molecule has 0 aromatic heterocycles. The molecule has 1 aliphatic rings. The van der Waals surface area contributed by atoms with Crippen molar-refractivity contribution in [3.8, 4) is 5.75 Å². The maximum absolute atomic E-state index is 5.56. The molecule has 62 valence electrons. The fourth-order valence-corrected chi connectivity index (χ4v) is 1.50. The molecule has 0 bridgehead atoms. The van der Waals surface area contributed by atoms with Gasteiger partial charge in [0.15, 0.2) is 0 Å². The number of para-hydroxylation sites is 1. The first-order valence-corrected chi connectivity index (χ1v) is 4.23. The van der Waals surface area contributed by atoms with Crippen molar-refractivity contribution >= 4 is 0 Å². The van der Waals surface area contributed by atoms with Gasteiger partial charge in [0.1, 0.15) is 5.75 Å². The fourth-order valence-electron chi connectivity index (χ4n) is 1.50. The van der Waals surface area contributed by atoms with E-state index in [-0.39, 0.29) is 0 Å². The summed E-state index contributed by atoms with van der Waals surface area (Å²) in [5, 5.41) is 0. The second-order valence-corrected chi connectivity index (χ2v) is 3.12. The molecular formula is C11H12O. The van der Waals surface area contributed by atoms with E-state index in [2.05, 4.69) is 12.6 Å². The van der Waals surface area contributed by atoms with Gasteiger partial charge in [0.25, 0.3) is 0 Å². The SMILES string of the molecule is C=CC1COc2ccccc2C1. The first-order chi connectivity index (χ1) is 5.90. The molecule has 1 aromatic rings. The van der Waals surface area contributed by atoms with Gasteiger partial charge < -0.3 is 4.74 Å². The number of ether oxygens (including phenoxy) is 1. The van der Waals surface area contributed by atoms with Crippen molar-refractivity contribution in [3.63, 3.8) is 0 Å². The Morgan fingerprint density at radius 2 is 2.25 bits per heavy atom. The van der Waals surface area contributed by atoms with Crippen LogP contribution in [0.3, 0.4) is 0 Å². The molecule has 1 heterocycles. The molecule has 0 saturated heterocycles. The summed E-state index contributed by atoms with van der Waals surface area (Å²) >= 11 is 0. The van der Waals surface area contributed by atoms with Gasteiger partial charge in [0, 0.05) is 5.92 Å². The Bertz CT molecular complexity index is 291. The van der Waals surface area contributed by atoms with Crippen molar-refractivity contribution in [1.82, 2.24) is 0 Å². The largest absolute Gasteiger partial charge is 0.493 e. The van der Waals surface area contributed by atoms with Crippen LogP contribution in [0.4, 0.5) is 0 Å². The van der Waals surface area contributed by atoms with E-state index in [0.29, 0.717) is 5.92 Å². The molecule has 12 heavy (non-hydrogen) atoms. The van der Waals surface area contributed by atoms with Crippen molar-refractivity contribution in [2.45, 2.75) is 6.42 Å². The van der Waals surface area contributed by atoms with Crippen LogP contribution >= 0.6 is 0 Å². The summed E-state index contributed by atoms with van der Waals surface area (Å²) < 4.78 is 5.56. The topological polar surface area (TPSA) is 9.23 Å². The Kier molecular flexibility index (Phi) is 1.86. The van der Waals surface area contributed by atoms with Crippen molar-refractivity contribution < 1.29 is 4.74 Å². The first-order valence-electron chi connectivity index (χ1n) is 4.23. The maximum atomic E-state index is 5.56. The van der Waals surface area contributed by atoms with E-state index < -0.39 is 0 Å². The van der Waals surface area contributed by atoms with Crippen LogP contribution in [0.15, 0.2) is 36.9 Å². The van der Waals surface area contributed by atoms with E-state index in [4.69, 9.17) is 4.74 Å².